The maximum Gasteiger partial charge on any atom is 0.422 e. The van der Waals surface area contributed by atoms with Crippen LogP contribution in [0.5, 0.6) is 5.75 Å². The van der Waals surface area contributed by atoms with Crippen molar-refractivity contribution < 1.29 is 53.8 Å². The van der Waals surface area contributed by atoms with Crippen LogP contribution in [0.3, 0.4) is 0 Å². The number of hydrogen-bond donors (Lipinski definition) is 0. The lowest BCUT2D eigenvalue weighted by Gasteiger charge is -2.12. The number of ether oxygens (including phenoxy) is 2. The minimum atomic E-state index is -5.30. The van der Waals surface area contributed by atoms with Crippen LogP contribution in [0.25, 0.3) is 28.1 Å². The largest absolute Gasteiger partial charge is 0.469 e. The van der Waals surface area contributed by atoms with Crippen LogP contribution in [-0.4, -0.2) is 12.6 Å². The second-order valence-corrected chi connectivity index (χ2v) is 8.64. The molecular weight excluding hydrogens is 579 g/mol. The summed E-state index contributed by atoms with van der Waals surface area (Å²) in [6, 6.07) is 10.5. The molecule has 4 rings (SSSR count). The van der Waals surface area contributed by atoms with Gasteiger partial charge in [-0.1, -0.05) is 30.3 Å². The molecule has 0 atom stereocenters. The number of carbonyl (C=O) groups excluding carboxylic acids is 1. The lowest BCUT2D eigenvalue weighted by molar-refractivity contribution is -0.142. The third-order valence-corrected chi connectivity index (χ3v) is 5.89. The quantitative estimate of drug-likeness (QED) is 0.0923. The van der Waals surface area contributed by atoms with Crippen LogP contribution >= 0.6 is 0 Å². The van der Waals surface area contributed by atoms with E-state index < -0.39 is 75.3 Å². The van der Waals surface area contributed by atoms with Crippen molar-refractivity contribution in [2.75, 3.05) is 6.61 Å². The molecule has 0 aliphatic heterocycles. The Labute approximate surface area is 232 Å². The van der Waals surface area contributed by atoms with Crippen molar-refractivity contribution in [2.45, 2.75) is 13.1 Å². The summed E-state index contributed by atoms with van der Waals surface area (Å²) in [6.07, 6.45) is -5.30. The Balaban J connectivity index is 1.51. The fourth-order valence-corrected chi connectivity index (χ4v) is 3.93. The van der Waals surface area contributed by atoms with Gasteiger partial charge in [0.05, 0.1) is 12.2 Å². The zero-order valence-corrected chi connectivity index (χ0v) is 21.3. The van der Waals surface area contributed by atoms with E-state index in [1.807, 2.05) is 0 Å². The van der Waals surface area contributed by atoms with Gasteiger partial charge in [0.1, 0.15) is 34.6 Å². The van der Waals surface area contributed by atoms with Crippen LogP contribution in [-0.2, 0) is 10.9 Å². The van der Waals surface area contributed by atoms with Gasteiger partial charge in [-0.15, -0.1) is 0 Å². The fourth-order valence-electron chi connectivity index (χ4n) is 3.93. The second-order valence-electron chi connectivity index (χ2n) is 8.64. The van der Waals surface area contributed by atoms with Gasteiger partial charge in [0.25, 0.3) is 0 Å². The van der Waals surface area contributed by atoms with Crippen molar-refractivity contribution >= 4 is 11.8 Å². The maximum absolute atomic E-state index is 14.8. The summed E-state index contributed by atoms with van der Waals surface area (Å²) < 4.78 is 133. The number of hydrogen-bond acceptors (Lipinski definition) is 3. The summed E-state index contributed by atoms with van der Waals surface area (Å²) in [5.41, 5.74) is -3.13. The molecule has 218 valence electrons. The number of halogens is 9. The van der Waals surface area contributed by atoms with Gasteiger partial charge in [0.2, 0.25) is 5.83 Å². The highest BCUT2D eigenvalue weighted by Gasteiger charge is 2.38. The molecule has 0 unspecified atom stereocenters. The number of esters is 1. The highest BCUT2D eigenvalue weighted by Crippen LogP contribution is 2.37. The molecule has 0 radical (unpaired) electrons. The SMILES string of the molecule is CCO/C(F)=C(\F)c1ccc(-c2ccc(C(=O)Oc3ccc(-c4cc(F)c(C(F)(F)F)c(F)c4)c(F)c3)c(F)c2)cc1. The van der Waals surface area contributed by atoms with Crippen LogP contribution in [0, 0.1) is 23.3 Å². The molecular formula is C30H17F9O3. The van der Waals surface area contributed by atoms with E-state index in [0.717, 1.165) is 24.3 Å². The van der Waals surface area contributed by atoms with E-state index in [4.69, 9.17) is 4.74 Å². The van der Waals surface area contributed by atoms with Gasteiger partial charge >= 0.3 is 18.2 Å². The summed E-state index contributed by atoms with van der Waals surface area (Å²) in [5, 5.41) is 0. The van der Waals surface area contributed by atoms with E-state index in [1.165, 1.54) is 37.3 Å². The van der Waals surface area contributed by atoms with Gasteiger partial charge in [0.15, 0.2) is 0 Å². The van der Waals surface area contributed by atoms with E-state index in [9.17, 15) is 44.3 Å². The molecule has 0 spiro atoms. The lowest BCUT2D eigenvalue weighted by Crippen LogP contribution is -2.12. The van der Waals surface area contributed by atoms with E-state index >= 15 is 0 Å². The Kier molecular flexibility index (Phi) is 8.64. The van der Waals surface area contributed by atoms with Crippen molar-refractivity contribution in [1.29, 1.82) is 0 Å². The predicted octanol–water partition coefficient (Wildman–Crippen LogP) is 9.42. The van der Waals surface area contributed by atoms with E-state index in [1.54, 1.807) is 0 Å². The molecule has 0 aliphatic rings. The summed E-state index contributed by atoms with van der Waals surface area (Å²) in [5.74, 6) is -8.97. The molecule has 0 bridgehead atoms. The van der Waals surface area contributed by atoms with Gasteiger partial charge in [0, 0.05) is 17.2 Å². The Hall–Kier alpha value is -4.74. The maximum atomic E-state index is 14.8. The molecule has 0 heterocycles. The number of carbonyl (C=O) groups is 1. The van der Waals surface area contributed by atoms with Gasteiger partial charge in [-0.3, -0.25) is 0 Å². The Morgan fingerprint density at radius 3 is 1.86 bits per heavy atom. The van der Waals surface area contributed by atoms with Crippen LogP contribution in [0.15, 0.2) is 78.8 Å². The molecule has 0 aromatic heterocycles. The van der Waals surface area contributed by atoms with Gasteiger partial charge in [-0.05, 0) is 60.0 Å². The van der Waals surface area contributed by atoms with Crippen LogP contribution < -0.4 is 4.74 Å². The minimum absolute atomic E-state index is 0.0726. The van der Waals surface area contributed by atoms with Crippen molar-refractivity contribution in [3.8, 4) is 28.0 Å². The Morgan fingerprint density at radius 1 is 0.714 bits per heavy atom. The highest BCUT2D eigenvalue weighted by molar-refractivity contribution is 5.92. The van der Waals surface area contributed by atoms with E-state index in [0.29, 0.717) is 23.8 Å². The van der Waals surface area contributed by atoms with Crippen molar-refractivity contribution in [3.05, 3.63) is 119 Å². The summed E-state index contributed by atoms with van der Waals surface area (Å²) in [7, 11) is 0. The molecule has 0 fully saturated rings. The molecule has 0 aliphatic carbocycles. The summed E-state index contributed by atoms with van der Waals surface area (Å²) in [4.78, 5) is 12.5. The van der Waals surface area contributed by atoms with E-state index in [2.05, 4.69) is 4.74 Å². The number of alkyl halides is 3. The molecule has 4 aromatic rings. The molecule has 12 heteroatoms. The zero-order chi connectivity index (χ0) is 30.8. The molecule has 42 heavy (non-hydrogen) atoms. The average molecular weight is 596 g/mol. The first-order valence-corrected chi connectivity index (χ1v) is 12.0. The first-order chi connectivity index (χ1) is 19.8. The third kappa shape index (κ3) is 6.42. The summed E-state index contributed by atoms with van der Waals surface area (Å²) in [6.45, 7) is 1.41. The van der Waals surface area contributed by atoms with Crippen LogP contribution in [0.4, 0.5) is 39.5 Å². The predicted molar refractivity (Wildman–Crippen MR) is 134 cm³/mol. The highest BCUT2D eigenvalue weighted by atomic mass is 19.4. The Bertz CT molecular complexity index is 1650. The summed E-state index contributed by atoms with van der Waals surface area (Å²) >= 11 is 0. The second kappa shape index (κ2) is 12.0. The smallest absolute Gasteiger partial charge is 0.422 e. The normalized spacial score (nSPS) is 12.1. The van der Waals surface area contributed by atoms with E-state index in [-0.39, 0.29) is 17.7 Å². The molecule has 0 saturated carbocycles. The van der Waals surface area contributed by atoms with Crippen molar-refractivity contribution in [3.63, 3.8) is 0 Å². The molecule has 0 N–H and O–H groups in total. The monoisotopic (exact) mass is 596 g/mol. The number of benzene rings is 4. The number of rotatable bonds is 7. The van der Waals surface area contributed by atoms with Crippen molar-refractivity contribution in [1.82, 2.24) is 0 Å². The topological polar surface area (TPSA) is 35.5 Å². The third-order valence-electron chi connectivity index (χ3n) is 5.89. The molecule has 4 aromatic carbocycles. The molecule has 3 nitrogen and oxygen atoms in total. The minimum Gasteiger partial charge on any atom is -0.469 e. The van der Waals surface area contributed by atoms with Gasteiger partial charge in [-0.25, -0.2) is 22.4 Å². The van der Waals surface area contributed by atoms with Gasteiger partial charge < -0.3 is 9.47 Å². The first kappa shape index (κ1) is 30.2. The van der Waals surface area contributed by atoms with Crippen molar-refractivity contribution in [2.24, 2.45) is 0 Å². The average Bonchev–Trinajstić information content (AvgIpc) is 2.91. The van der Waals surface area contributed by atoms with Crippen LogP contribution in [0.1, 0.15) is 28.4 Å². The Morgan fingerprint density at radius 2 is 1.31 bits per heavy atom. The van der Waals surface area contributed by atoms with Crippen LogP contribution in [0.2, 0.25) is 0 Å². The van der Waals surface area contributed by atoms with Gasteiger partial charge in [-0.2, -0.15) is 22.0 Å². The zero-order valence-electron chi connectivity index (χ0n) is 21.3. The standard InChI is InChI=1S/C30H17F9O3/c1-2-41-28(36)27(35)16-5-3-15(4-6-16)17-7-9-21(22(31)11-17)29(40)42-19-8-10-20(23(32)14-19)18-12-24(33)26(25(34)13-18)30(37,38)39/h3-14H,2H2,1H3/b28-27-. The molecule has 0 saturated heterocycles. The molecule has 0 amide bonds. The first-order valence-electron chi connectivity index (χ1n) is 12.0. The fraction of sp³-hybridized carbons (Fsp3) is 0.100. The lowest BCUT2D eigenvalue weighted by atomic mass is 10.0.